The van der Waals surface area contributed by atoms with Crippen LogP contribution in [0.3, 0.4) is 0 Å². The van der Waals surface area contributed by atoms with E-state index in [1.807, 2.05) is 0 Å². The van der Waals surface area contributed by atoms with Gasteiger partial charge in [0, 0.05) is 6.04 Å². The molecular formula is C9H17NO2. The van der Waals surface area contributed by atoms with Gasteiger partial charge in [0.1, 0.15) is 0 Å². The van der Waals surface area contributed by atoms with Gasteiger partial charge in [-0.3, -0.25) is 4.79 Å². The normalized spacial score (nSPS) is 29.3. The molecule has 0 N–H and O–H groups in total. The largest absolute Gasteiger partial charge is 0.469 e. The van der Waals surface area contributed by atoms with E-state index in [0.29, 0.717) is 6.04 Å². The average Bonchev–Trinajstić information content (AvgIpc) is 2.51. The minimum Gasteiger partial charge on any atom is -0.469 e. The van der Waals surface area contributed by atoms with Crippen LogP contribution in [0.1, 0.15) is 19.3 Å². The van der Waals surface area contributed by atoms with E-state index in [0.717, 1.165) is 19.3 Å². The number of rotatable bonds is 2. The van der Waals surface area contributed by atoms with Gasteiger partial charge in [-0.05, 0) is 33.4 Å². The molecule has 0 amide bonds. The summed E-state index contributed by atoms with van der Waals surface area (Å²) in [5.74, 6) is 0.0988. The van der Waals surface area contributed by atoms with Crippen LogP contribution in [-0.2, 0) is 9.53 Å². The molecular weight excluding hydrogens is 154 g/mol. The van der Waals surface area contributed by atoms with E-state index >= 15 is 0 Å². The van der Waals surface area contributed by atoms with Gasteiger partial charge < -0.3 is 9.64 Å². The Hall–Kier alpha value is -0.570. The Morgan fingerprint density at radius 1 is 1.42 bits per heavy atom. The van der Waals surface area contributed by atoms with Gasteiger partial charge in [-0.25, -0.2) is 0 Å². The van der Waals surface area contributed by atoms with E-state index in [2.05, 4.69) is 19.0 Å². The second-order valence-electron chi connectivity index (χ2n) is 3.65. The summed E-state index contributed by atoms with van der Waals surface area (Å²) >= 11 is 0. The Labute approximate surface area is 73.7 Å². The summed E-state index contributed by atoms with van der Waals surface area (Å²) < 4.78 is 4.70. The van der Waals surface area contributed by atoms with E-state index in [4.69, 9.17) is 4.74 Å². The van der Waals surface area contributed by atoms with Crippen molar-refractivity contribution in [3.63, 3.8) is 0 Å². The zero-order valence-corrected chi connectivity index (χ0v) is 8.04. The van der Waals surface area contributed by atoms with E-state index < -0.39 is 0 Å². The third-order valence-electron chi connectivity index (χ3n) is 2.67. The molecule has 0 unspecified atom stereocenters. The molecule has 3 nitrogen and oxygen atoms in total. The number of nitrogens with zero attached hydrogens (tertiary/aromatic N) is 1. The molecule has 0 aromatic heterocycles. The highest BCUT2D eigenvalue weighted by atomic mass is 16.5. The van der Waals surface area contributed by atoms with Gasteiger partial charge in [-0.15, -0.1) is 0 Å². The maximum Gasteiger partial charge on any atom is 0.308 e. The summed E-state index contributed by atoms with van der Waals surface area (Å²) in [5.41, 5.74) is 0. The first-order valence-electron chi connectivity index (χ1n) is 4.39. The SMILES string of the molecule is COC(=O)[C@@H]1CC[C@H](N(C)C)C1. The molecule has 0 bridgehead atoms. The van der Waals surface area contributed by atoms with Crippen LogP contribution in [0.25, 0.3) is 0 Å². The van der Waals surface area contributed by atoms with Crippen LogP contribution < -0.4 is 0 Å². The highest BCUT2D eigenvalue weighted by Gasteiger charge is 2.31. The van der Waals surface area contributed by atoms with Gasteiger partial charge in [0.05, 0.1) is 13.0 Å². The van der Waals surface area contributed by atoms with E-state index in [-0.39, 0.29) is 11.9 Å². The summed E-state index contributed by atoms with van der Waals surface area (Å²) in [6, 6.07) is 0.564. The van der Waals surface area contributed by atoms with Gasteiger partial charge in [-0.2, -0.15) is 0 Å². The summed E-state index contributed by atoms with van der Waals surface area (Å²) in [6.07, 6.45) is 3.06. The van der Waals surface area contributed by atoms with Crippen LogP contribution >= 0.6 is 0 Å². The smallest absolute Gasteiger partial charge is 0.308 e. The number of carbonyl (C=O) groups excluding carboxylic acids is 1. The van der Waals surface area contributed by atoms with Crippen molar-refractivity contribution in [3.05, 3.63) is 0 Å². The number of hydrogen-bond acceptors (Lipinski definition) is 3. The zero-order valence-electron chi connectivity index (χ0n) is 8.04. The Kier molecular flexibility index (Phi) is 3.09. The molecule has 1 rings (SSSR count). The molecule has 0 aromatic rings. The van der Waals surface area contributed by atoms with Gasteiger partial charge in [0.25, 0.3) is 0 Å². The fourth-order valence-electron chi connectivity index (χ4n) is 1.81. The summed E-state index contributed by atoms with van der Waals surface area (Å²) in [5, 5.41) is 0. The highest BCUT2D eigenvalue weighted by molar-refractivity contribution is 5.72. The third kappa shape index (κ3) is 1.97. The molecule has 12 heavy (non-hydrogen) atoms. The predicted octanol–water partition coefficient (Wildman–Crippen LogP) is 0.890. The molecule has 0 heterocycles. The molecule has 2 atom stereocenters. The highest BCUT2D eigenvalue weighted by Crippen LogP contribution is 2.28. The molecule has 70 valence electrons. The predicted molar refractivity (Wildman–Crippen MR) is 46.8 cm³/mol. The standard InChI is InChI=1S/C9H17NO2/c1-10(2)8-5-4-7(6-8)9(11)12-3/h7-8H,4-6H2,1-3H3/t7-,8+/m1/s1. The quantitative estimate of drug-likeness (QED) is 0.578. The lowest BCUT2D eigenvalue weighted by Gasteiger charge is -2.18. The number of carbonyl (C=O) groups is 1. The van der Waals surface area contributed by atoms with Crippen molar-refractivity contribution in [3.8, 4) is 0 Å². The zero-order chi connectivity index (χ0) is 9.14. The molecule has 0 saturated heterocycles. The number of methoxy groups -OCH3 is 1. The van der Waals surface area contributed by atoms with Crippen molar-refractivity contribution in [1.82, 2.24) is 4.90 Å². The van der Waals surface area contributed by atoms with Gasteiger partial charge >= 0.3 is 5.97 Å². The molecule has 0 aliphatic heterocycles. The van der Waals surface area contributed by atoms with Crippen LogP contribution in [0.15, 0.2) is 0 Å². The average molecular weight is 171 g/mol. The first kappa shape index (κ1) is 9.52. The van der Waals surface area contributed by atoms with Crippen LogP contribution in [0.4, 0.5) is 0 Å². The summed E-state index contributed by atoms with van der Waals surface area (Å²) in [6.45, 7) is 0. The first-order chi connectivity index (χ1) is 5.65. The minimum absolute atomic E-state index is 0.0423. The van der Waals surface area contributed by atoms with E-state index in [1.54, 1.807) is 0 Å². The third-order valence-corrected chi connectivity index (χ3v) is 2.67. The second kappa shape index (κ2) is 3.90. The minimum atomic E-state index is -0.0423. The van der Waals surface area contributed by atoms with Gasteiger partial charge in [-0.1, -0.05) is 0 Å². The lowest BCUT2D eigenvalue weighted by atomic mass is 10.1. The molecule has 0 spiro atoms. The lowest BCUT2D eigenvalue weighted by Crippen LogP contribution is -2.25. The van der Waals surface area contributed by atoms with Crippen molar-refractivity contribution in [1.29, 1.82) is 0 Å². The van der Waals surface area contributed by atoms with Crippen LogP contribution in [0.2, 0.25) is 0 Å². The molecule has 1 saturated carbocycles. The Morgan fingerprint density at radius 3 is 2.50 bits per heavy atom. The molecule has 0 radical (unpaired) electrons. The van der Waals surface area contributed by atoms with Crippen LogP contribution in [0.5, 0.6) is 0 Å². The van der Waals surface area contributed by atoms with E-state index in [1.165, 1.54) is 7.11 Å². The fourth-order valence-corrected chi connectivity index (χ4v) is 1.81. The second-order valence-corrected chi connectivity index (χ2v) is 3.65. The fraction of sp³-hybridized carbons (Fsp3) is 0.889. The number of ether oxygens (including phenoxy) is 1. The lowest BCUT2D eigenvalue weighted by molar-refractivity contribution is -0.145. The van der Waals surface area contributed by atoms with Gasteiger partial charge in [0.15, 0.2) is 0 Å². The monoisotopic (exact) mass is 171 g/mol. The Balaban J connectivity index is 2.40. The Morgan fingerprint density at radius 2 is 2.08 bits per heavy atom. The molecule has 1 fully saturated rings. The van der Waals surface area contributed by atoms with Gasteiger partial charge in [0.2, 0.25) is 0 Å². The maximum absolute atomic E-state index is 11.1. The van der Waals surface area contributed by atoms with Crippen molar-refractivity contribution in [2.24, 2.45) is 5.92 Å². The summed E-state index contributed by atoms with van der Waals surface area (Å²) in [7, 11) is 5.58. The summed E-state index contributed by atoms with van der Waals surface area (Å²) in [4.78, 5) is 13.3. The first-order valence-corrected chi connectivity index (χ1v) is 4.39. The number of esters is 1. The van der Waals surface area contributed by atoms with Crippen molar-refractivity contribution in [2.45, 2.75) is 25.3 Å². The molecule has 1 aliphatic rings. The molecule has 1 aliphatic carbocycles. The van der Waals surface area contributed by atoms with Crippen molar-refractivity contribution >= 4 is 5.97 Å². The topological polar surface area (TPSA) is 29.5 Å². The Bertz CT molecular complexity index is 168. The molecule has 0 aromatic carbocycles. The maximum atomic E-state index is 11.1. The van der Waals surface area contributed by atoms with Crippen LogP contribution in [-0.4, -0.2) is 38.1 Å². The van der Waals surface area contributed by atoms with E-state index in [9.17, 15) is 4.79 Å². The number of hydrogen-bond donors (Lipinski definition) is 0. The molecule has 3 heteroatoms. The van der Waals surface area contributed by atoms with Crippen LogP contribution in [0, 0.1) is 5.92 Å². The van der Waals surface area contributed by atoms with Crippen molar-refractivity contribution in [2.75, 3.05) is 21.2 Å². The van der Waals surface area contributed by atoms with Crippen molar-refractivity contribution < 1.29 is 9.53 Å².